The van der Waals surface area contributed by atoms with Gasteiger partial charge in [0.15, 0.2) is 0 Å². The number of carbonyl (C=O) groups excluding carboxylic acids is 1. The van der Waals surface area contributed by atoms with Crippen LogP contribution in [0.5, 0.6) is 0 Å². The lowest BCUT2D eigenvalue weighted by Gasteiger charge is -2.40. The molecule has 1 saturated carbocycles. The van der Waals surface area contributed by atoms with E-state index in [4.69, 9.17) is 0 Å². The van der Waals surface area contributed by atoms with Crippen molar-refractivity contribution in [3.8, 4) is 0 Å². The first-order valence-electron chi connectivity index (χ1n) is 8.61. The molecule has 0 unspecified atom stereocenters. The van der Waals surface area contributed by atoms with Crippen molar-refractivity contribution in [3.05, 3.63) is 35.2 Å². The Morgan fingerprint density at radius 1 is 1.39 bits per heavy atom. The second kappa shape index (κ2) is 5.60. The number of aliphatic hydroxyl groups is 1. The van der Waals surface area contributed by atoms with Crippen LogP contribution in [-0.2, 0) is 0 Å². The van der Waals surface area contributed by atoms with Crippen LogP contribution < -0.4 is 0 Å². The van der Waals surface area contributed by atoms with Crippen LogP contribution in [-0.4, -0.2) is 34.6 Å². The Labute approximate surface area is 140 Å². The minimum Gasteiger partial charge on any atom is -0.390 e. The van der Waals surface area contributed by atoms with Crippen LogP contribution >= 0.6 is 11.3 Å². The lowest BCUT2D eigenvalue weighted by Crippen LogP contribution is -2.44. The molecule has 2 aromatic rings. The number of fused-ring (bicyclic) bond motifs is 2. The molecule has 23 heavy (non-hydrogen) atoms. The highest BCUT2D eigenvalue weighted by Gasteiger charge is 2.48. The molecule has 1 aliphatic carbocycles. The molecule has 4 rings (SSSR count). The molecular weight excluding hydrogens is 306 g/mol. The highest BCUT2D eigenvalue weighted by molar-refractivity contribution is 7.20. The molecule has 0 radical (unpaired) electrons. The van der Waals surface area contributed by atoms with Gasteiger partial charge in [0.1, 0.15) is 0 Å². The number of benzene rings is 1. The van der Waals surface area contributed by atoms with Gasteiger partial charge in [-0.1, -0.05) is 31.5 Å². The molecule has 4 heteroatoms. The second-order valence-corrected chi connectivity index (χ2v) is 8.16. The third-order valence-corrected chi connectivity index (χ3v) is 6.96. The number of amides is 1. The third kappa shape index (κ3) is 2.48. The fraction of sp³-hybridized carbons (Fsp3) is 0.526. The number of hydrogen-bond donors (Lipinski definition) is 1. The SMILES string of the molecule is CC[C@]1(O)CCC[C@H]2CN(C(=O)c3cc4ccccc4s3)C[C@H]21. The fourth-order valence-electron chi connectivity index (χ4n) is 4.48. The van der Waals surface area contributed by atoms with Crippen molar-refractivity contribution in [2.75, 3.05) is 13.1 Å². The monoisotopic (exact) mass is 329 g/mol. The largest absolute Gasteiger partial charge is 0.390 e. The Kier molecular flexibility index (Phi) is 3.69. The van der Waals surface area contributed by atoms with Crippen molar-refractivity contribution in [1.82, 2.24) is 4.90 Å². The van der Waals surface area contributed by atoms with Crippen molar-refractivity contribution in [2.24, 2.45) is 11.8 Å². The van der Waals surface area contributed by atoms with Crippen molar-refractivity contribution in [3.63, 3.8) is 0 Å². The maximum atomic E-state index is 12.9. The maximum Gasteiger partial charge on any atom is 0.263 e. The van der Waals surface area contributed by atoms with Crippen molar-refractivity contribution in [1.29, 1.82) is 0 Å². The van der Waals surface area contributed by atoms with E-state index in [-0.39, 0.29) is 11.8 Å². The number of likely N-dealkylation sites (tertiary alicyclic amines) is 1. The zero-order chi connectivity index (χ0) is 16.0. The summed E-state index contributed by atoms with van der Waals surface area (Å²) < 4.78 is 1.16. The van der Waals surface area contributed by atoms with Crippen molar-refractivity contribution >= 4 is 27.3 Å². The summed E-state index contributed by atoms with van der Waals surface area (Å²) in [7, 11) is 0. The van der Waals surface area contributed by atoms with E-state index in [1.807, 2.05) is 23.1 Å². The van der Waals surface area contributed by atoms with Gasteiger partial charge in [0.2, 0.25) is 0 Å². The van der Waals surface area contributed by atoms with E-state index >= 15 is 0 Å². The summed E-state index contributed by atoms with van der Waals surface area (Å²) in [4.78, 5) is 15.7. The Balaban J connectivity index is 1.58. The van der Waals surface area contributed by atoms with E-state index in [1.165, 1.54) is 0 Å². The molecule has 0 bridgehead atoms. The third-order valence-electron chi connectivity index (χ3n) is 5.85. The predicted octanol–water partition coefficient (Wildman–Crippen LogP) is 3.91. The summed E-state index contributed by atoms with van der Waals surface area (Å²) in [5, 5.41) is 12.0. The molecule has 0 spiro atoms. The average Bonchev–Trinajstić information content (AvgIpc) is 3.19. The molecular formula is C19H23NO2S. The van der Waals surface area contributed by atoms with Gasteiger partial charge in [0.05, 0.1) is 10.5 Å². The van der Waals surface area contributed by atoms with Crippen LogP contribution in [0.1, 0.15) is 42.3 Å². The zero-order valence-corrected chi connectivity index (χ0v) is 14.3. The number of hydrogen-bond acceptors (Lipinski definition) is 3. The van der Waals surface area contributed by atoms with Crippen LogP contribution in [0, 0.1) is 11.8 Å². The van der Waals surface area contributed by atoms with E-state index in [9.17, 15) is 9.90 Å². The summed E-state index contributed by atoms with van der Waals surface area (Å²) >= 11 is 1.58. The summed E-state index contributed by atoms with van der Waals surface area (Å²) in [6.07, 6.45) is 3.90. The second-order valence-electron chi connectivity index (χ2n) is 7.07. The highest BCUT2D eigenvalue weighted by Crippen LogP contribution is 2.44. The highest BCUT2D eigenvalue weighted by atomic mass is 32.1. The van der Waals surface area contributed by atoms with Gasteiger partial charge in [-0.25, -0.2) is 0 Å². The topological polar surface area (TPSA) is 40.5 Å². The zero-order valence-electron chi connectivity index (χ0n) is 13.5. The first kappa shape index (κ1) is 15.2. The smallest absolute Gasteiger partial charge is 0.263 e. The Morgan fingerprint density at radius 3 is 3.00 bits per heavy atom. The van der Waals surface area contributed by atoms with Crippen LogP contribution in [0.25, 0.3) is 10.1 Å². The van der Waals surface area contributed by atoms with Gasteiger partial charge in [-0.15, -0.1) is 11.3 Å². The predicted molar refractivity (Wildman–Crippen MR) is 93.8 cm³/mol. The van der Waals surface area contributed by atoms with Crippen LogP contribution in [0.15, 0.2) is 30.3 Å². The molecule has 2 fully saturated rings. The van der Waals surface area contributed by atoms with E-state index in [1.54, 1.807) is 11.3 Å². The molecule has 1 saturated heterocycles. The summed E-state index contributed by atoms with van der Waals surface area (Å²) in [6.45, 7) is 3.58. The van der Waals surface area contributed by atoms with Crippen LogP contribution in [0.4, 0.5) is 0 Å². The fourth-order valence-corrected chi connectivity index (χ4v) is 5.51. The van der Waals surface area contributed by atoms with E-state index in [2.05, 4.69) is 19.1 Å². The lowest BCUT2D eigenvalue weighted by atomic mass is 9.69. The molecule has 2 aliphatic rings. The van der Waals surface area contributed by atoms with Crippen LogP contribution in [0.3, 0.4) is 0 Å². The maximum absolute atomic E-state index is 12.9. The lowest BCUT2D eigenvalue weighted by molar-refractivity contribution is -0.0609. The summed E-state index contributed by atoms with van der Waals surface area (Å²) in [6, 6.07) is 10.2. The van der Waals surface area contributed by atoms with Gasteiger partial charge in [-0.05, 0) is 42.7 Å². The number of nitrogens with zero attached hydrogens (tertiary/aromatic N) is 1. The standard InChI is InChI=1S/C19H23NO2S/c1-2-19(22)9-5-7-14-11-20(12-15(14)19)18(21)17-10-13-6-3-4-8-16(13)23-17/h3-4,6,8,10,14-15,22H,2,5,7,9,11-12H2,1H3/t14-,15+,19-/m0/s1. The Morgan fingerprint density at radius 2 is 2.22 bits per heavy atom. The number of rotatable bonds is 2. The summed E-state index contributed by atoms with van der Waals surface area (Å²) in [5.41, 5.74) is -0.571. The normalized spacial score (nSPS) is 30.6. The quantitative estimate of drug-likeness (QED) is 0.907. The molecule has 3 atom stereocenters. The minimum atomic E-state index is -0.571. The Bertz CT molecular complexity index is 707. The van der Waals surface area contributed by atoms with Gasteiger partial charge in [-0.2, -0.15) is 0 Å². The molecule has 1 aromatic heterocycles. The van der Waals surface area contributed by atoms with E-state index in [0.29, 0.717) is 12.5 Å². The number of thiophene rings is 1. The summed E-state index contributed by atoms with van der Waals surface area (Å²) in [5.74, 6) is 0.852. The Hall–Kier alpha value is -1.39. The van der Waals surface area contributed by atoms with E-state index < -0.39 is 5.60 Å². The first-order chi connectivity index (χ1) is 11.1. The molecule has 1 N–H and O–H groups in total. The van der Waals surface area contributed by atoms with E-state index in [0.717, 1.165) is 47.2 Å². The van der Waals surface area contributed by atoms with Gasteiger partial charge in [0.25, 0.3) is 5.91 Å². The van der Waals surface area contributed by atoms with Crippen molar-refractivity contribution < 1.29 is 9.90 Å². The van der Waals surface area contributed by atoms with Crippen molar-refractivity contribution in [2.45, 2.75) is 38.2 Å². The minimum absolute atomic E-state index is 0.138. The molecule has 1 aromatic carbocycles. The van der Waals surface area contributed by atoms with Crippen LogP contribution in [0.2, 0.25) is 0 Å². The molecule has 1 aliphatic heterocycles. The van der Waals surface area contributed by atoms with Gasteiger partial charge < -0.3 is 10.0 Å². The molecule has 2 heterocycles. The van der Waals surface area contributed by atoms with Gasteiger partial charge in [-0.3, -0.25) is 4.79 Å². The number of carbonyl (C=O) groups is 1. The molecule has 122 valence electrons. The van der Waals surface area contributed by atoms with Gasteiger partial charge >= 0.3 is 0 Å². The molecule has 3 nitrogen and oxygen atoms in total. The first-order valence-corrected chi connectivity index (χ1v) is 9.42. The van der Waals surface area contributed by atoms with Gasteiger partial charge in [0, 0.05) is 23.7 Å². The average molecular weight is 329 g/mol. The molecule has 1 amide bonds.